The van der Waals surface area contributed by atoms with Gasteiger partial charge in [0, 0.05) is 11.3 Å². The molecule has 0 aliphatic carbocycles. The normalized spacial score (nSPS) is 11.5. The molecule has 0 aromatic heterocycles. The Labute approximate surface area is 153 Å². The quantitative estimate of drug-likeness (QED) is 0.636. The highest BCUT2D eigenvalue weighted by atomic mass is 16.5. The van der Waals surface area contributed by atoms with Crippen LogP contribution in [0.2, 0.25) is 0 Å². The second kappa shape index (κ2) is 8.43. The number of amides is 1. The van der Waals surface area contributed by atoms with E-state index in [0.717, 1.165) is 16.7 Å². The minimum Gasteiger partial charge on any atom is -0.452 e. The summed E-state index contributed by atoms with van der Waals surface area (Å²) in [7, 11) is 0. The van der Waals surface area contributed by atoms with Gasteiger partial charge in [0.05, 0.1) is 6.42 Å². The molecule has 0 saturated carbocycles. The Bertz CT molecular complexity index is 842. The third-order valence-corrected chi connectivity index (χ3v) is 4.13. The molecule has 26 heavy (non-hydrogen) atoms. The molecular weight excluding hydrogens is 330 g/mol. The van der Waals surface area contributed by atoms with Gasteiger partial charge in [0.25, 0.3) is 5.91 Å². The van der Waals surface area contributed by atoms with E-state index in [4.69, 9.17) is 4.74 Å². The number of carbonyl (C=O) groups excluding carboxylic acids is 3. The van der Waals surface area contributed by atoms with Crippen LogP contribution in [0.5, 0.6) is 0 Å². The molecule has 2 rings (SSSR count). The second-order valence-corrected chi connectivity index (χ2v) is 6.35. The summed E-state index contributed by atoms with van der Waals surface area (Å²) in [4.78, 5) is 35.7. The van der Waals surface area contributed by atoms with Gasteiger partial charge in [0.15, 0.2) is 11.9 Å². The number of aryl methyl sites for hydroxylation is 2. The van der Waals surface area contributed by atoms with Crippen LogP contribution < -0.4 is 5.32 Å². The van der Waals surface area contributed by atoms with E-state index in [1.165, 1.54) is 13.8 Å². The maximum absolute atomic E-state index is 12.2. The van der Waals surface area contributed by atoms with Gasteiger partial charge in [0.2, 0.25) is 0 Å². The minimum absolute atomic E-state index is 0.0889. The molecule has 0 aliphatic rings. The summed E-state index contributed by atoms with van der Waals surface area (Å²) in [6.45, 7) is 6.96. The average molecular weight is 353 g/mol. The first-order valence-corrected chi connectivity index (χ1v) is 8.43. The fourth-order valence-electron chi connectivity index (χ4n) is 2.43. The lowest BCUT2D eigenvalue weighted by Crippen LogP contribution is -2.30. The van der Waals surface area contributed by atoms with Gasteiger partial charge in [-0.25, -0.2) is 0 Å². The summed E-state index contributed by atoms with van der Waals surface area (Å²) >= 11 is 0. The molecule has 5 heteroatoms. The summed E-state index contributed by atoms with van der Waals surface area (Å²) in [5.41, 5.74) is 4.09. The first-order chi connectivity index (χ1) is 12.3. The van der Waals surface area contributed by atoms with Gasteiger partial charge >= 0.3 is 5.97 Å². The molecule has 0 aliphatic heterocycles. The van der Waals surface area contributed by atoms with E-state index < -0.39 is 18.0 Å². The van der Waals surface area contributed by atoms with E-state index in [1.54, 1.807) is 24.3 Å². The van der Waals surface area contributed by atoms with Gasteiger partial charge in [-0.05, 0) is 56.5 Å². The van der Waals surface area contributed by atoms with Crippen molar-refractivity contribution in [2.75, 3.05) is 5.32 Å². The van der Waals surface area contributed by atoms with Crippen LogP contribution in [0, 0.1) is 13.8 Å². The Morgan fingerprint density at radius 3 is 2.42 bits per heavy atom. The van der Waals surface area contributed by atoms with Crippen molar-refractivity contribution >= 4 is 23.3 Å². The smallest absolute Gasteiger partial charge is 0.311 e. The van der Waals surface area contributed by atoms with Gasteiger partial charge in [0.1, 0.15) is 0 Å². The molecule has 0 radical (unpaired) electrons. The lowest BCUT2D eigenvalue weighted by molar-refractivity contribution is -0.152. The highest BCUT2D eigenvalue weighted by molar-refractivity contribution is 5.98. The Balaban J connectivity index is 1.93. The zero-order valence-corrected chi connectivity index (χ0v) is 15.5. The number of rotatable bonds is 6. The molecule has 1 amide bonds. The Morgan fingerprint density at radius 1 is 1.04 bits per heavy atom. The second-order valence-electron chi connectivity index (χ2n) is 6.35. The van der Waals surface area contributed by atoms with Crippen LogP contribution in [0.1, 0.15) is 40.9 Å². The molecule has 0 spiro atoms. The molecule has 2 aromatic carbocycles. The zero-order valence-electron chi connectivity index (χ0n) is 15.5. The summed E-state index contributed by atoms with van der Waals surface area (Å²) in [6, 6.07) is 12.4. The number of carbonyl (C=O) groups is 3. The number of anilines is 1. The van der Waals surface area contributed by atoms with Crippen LogP contribution in [-0.4, -0.2) is 23.8 Å². The van der Waals surface area contributed by atoms with Gasteiger partial charge < -0.3 is 10.1 Å². The van der Waals surface area contributed by atoms with Crippen molar-refractivity contribution in [3.8, 4) is 0 Å². The standard InChI is InChI=1S/C21H23NO4/c1-13-8-9-17(10-14(13)2)11-20(24)26-16(4)21(25)22-19-7-5-6-18(12-19)15(3)23/h5-10,12,16H,11H2,1-4H3,(H,22,25)/t16-/m1/s1. The third-order valence-electron chi connectivity index (χ3n) is 4.13. The molecule has 0 bridgehead atoms. The van der Waals surface area contributed by atoms with Crippen molar-refractivity contribution in [2.24, 2.45) is 0 Å². The van der Waals surface area contributed by atoms with E-state index in [1.807, 2.05) is 32.0 Å². The highest BCUT2D eigenvalue weighted by Crippen LogP contribution is 2.13. The third kappa shape index (κ3) is 5.28. The van der Waals surface area contributed by atoms with Crippen molar-refractivity contribution in [3.63, 3.8) is 0 Å². The van der Waals surface area contributed by atoms with Gasteiger partial charge in [-0.1, -0.05) is 30.3 Å². The predicted molar refractivity (Wildman–Crippen MR) is 100 cm³/mol. The SMILES string of the molecule is CC(=O)c1cccc(NC(=O)[C@@H](C)OC(=O)Cc2ccc(C)c(C)c2)c1. The topological polar surface area (TPSA) is 72.5 Å². The van der Waals surface area contributed by atoms with Crippen molar-refractivity contribution in [3.05, 3.63) is 64.7 Å². The number of esters is 1. The van der Waals surface area contributed by atoms with Crippen molar-refractivity contribution in [2.45, 2.75) is 40.2 Å². The minimum atomic E-state index is -0.935. The van der Waals surface area contributed by atoms with Crippen LogP contribution in [0.25, 0.3) is 0 Å². The lowest BCUT2D eigenvalue weighted by atomic mass is 10.0. The Hall–Kier alpha value is -2.95. The molecular formula is C21H23NO4. The fraction of sp³-hybridized carbons (Fsp3) is 0.286. The first kappa shape index (κ1) is 19.4. The number of hydrogen-bond donors (Lipinski definition) is 1. The number of ketones is 1. The molecule has 2 aromatic rings. The molecule has 5 nitrogen and oxygen atoms in total. The van der Waals surface area contributed by atoms with Crippen LogP contribution in [-0.2, 0) is 20.7 Å². The number of Topliss-reactive ketones (excluding diaryl/α,β-unsaturated/α-hetero) is 1. The largest absolute Gasteiger partial charge is 0.452 e. The molecule has 0 fully saturated rings. The fourth-order valence-corrected chi connectivity index (χ4v) is 2.43. The zero-order chi connectivity index (χ0) is 19.3. The maximum atomic E-state index is 12.2. The Morgan fingerprint density at radius 2 is 1.77 bits per heavy atom. The number of benzene rings is 2. The van der Waals surface area contributed by atoms with E-state index in [0.29, 0.717) is 11.3 Å². The average Bonchev–Trinajstić information content (AvgIpc) is 2.58. The molecule has 0 saturated heterocycles. The highest BCUT2D eigenvalue weighted by Gasteiger charge is 2.18. The lowest BCUT2D eigenvalue weighted by Gasteiger charge is -2.14. The summed E-state index contributed by atoms with van der Waals surface area (Å²) in [5.74, 6) is -0.999. The van der Waals surface area contributed by atoms with E-state index in [-0.39, 0.29) is 12.2 Å². The molecule has 1 atom stereocenters. The van der Waals surface area contributed by atoms with Gasteiger partial charge in [-0.3, -0.25) is 14.4 Å². The monoisotopic (exact) mass is 353 g/mol. The van der Waals surface area contributed by atoms with E-state index >= 15 is 0 Å². The van der Waals surface area contributed by atoms with Crippen LogP contribution >= 0.6 is 0 Å². The van der Waals surface area contributed by atoms with Crippen LogP contribution in [0.4, 0.5) is 5.69 Å². The van der Waals surface area contributed by atoms with Gasteiger partial charge in [-0.15, -0.1) is 0 Å². The maximum Gasteiger partial charge on any atom is 0.311 e. The number of nitrogens with one attached hydrogen (secondary N) is 1. The summed E-state index contributed by atoms with van der Waals surface area (Å²) < 4.78 is 5.22. The predicted octanol–water partition coefficient (Wildman–Crippen LogP) is 3.62. The van der Waals surface area contributed by atoms with Crippen LogP contribution in [0.3, 0.4) is 0 Å². The van der Waals surface area contributed by atoms with E-state index in [9.17, 15) is 14.4 Å². The number of ether oxygens (including phenoxy) is 1. The Kier molecular flexibility index (Phi) is 6.28. The first-order valence-electron chi connectivity index (χ1n) is 8.43. The number of hydrogen-bond acceptors (Lipinski definition) is 4. The molecule has 0 unspecified atom stereocenters. The van der Waals surface area contributed by atoms with E-state index in [2.05, 4.69) is 5.32 Å². The van der Waals surface area contributed by atoms with Gasteiger partial charge in [-0.2, -0.15) is 0 Å². The molecule has 136 valence electrons. The molecule has 0 heterocycles. The van der Waals surface area contributed by atoms with Crippen LogP contribution in [0.15, 0.2) is 42.5 Å². The molecule has 1 N–H and O–H groups in total. The summed E-state index contributed by atoms with van der Waals surface area (Å²) in [6.07, 6.45) is -0.825. The van der Waals surface area contributed by atoms with Crippen molar-refractivity contribution in [1.82, 2.24) is 0 Å². The van der Waals surface area contributed by atoms with Crippen molar-refractivity contribution < 1.29 is 19.1 Å². The summed E-state index contributed by atoms with van der Waals surface area (Å²) in [5, 5.41) is 2.65. The van der Waals surface area contributed by atoms with Crippen molar-refractivity contribution in [1.29, 1.82) is 0 Å².